The lowest BCUT2D eigenvalue weighted by Crippen LogP contribution is -2.30. The smallest absolute Gasteiger partial charge is 0.272 e. The minimum atomic E-state index is -0.563. The van der Waals surface area contributed by atoms with Crippen LogP contribution in [0.4, 0.5) is 10.8 Å². The minimum absolute atomic E-state index is 0.116. The van der Waals surface area contributed by atoms with Gasteiger partial charge in [0.1, 0.15) is 16.7 Å². The zero-order valence-corrected chi connectivity index (χ0v) is 27.5. The average molecular weight is 677 g/mol. The number of hydrogen-bond acceptors (Lipinski definition) is 8. The number of nitrogens with one attached hydrogen (secondary N) is 3. The Labute approximate surface area is 283 Å². The molecule has 234 valence electrons. The van der Waals surface area contributed by atoms with Crippen LogP contribution in [-0.2, 0) is 9.59 Å². The topological polar surface area (TPSA) is 109 Å². The zero-order chi connectivity index (χ0) is 32.6. The van der Waals surface area contributed by atoms with E-state index in [1.54, 1.807) is 49.6 Å². The Hall–Kier alpha value is -5.23. The highest BCUT2D eigenvalue weighted by Crippen LogP contribution is 2.38. The normalized spacial score (nSPS) is 11.9. The second kappa shape index (κ2) is 14.9. The molecule has 11 heteroatoms. The average Bonchev–Trinajstić information content (AvgIpc) is 3.77. The third-order valence-corrected chi connectivity index (χ3v) is 9.82. The van der Waals surface area contributed by atoms with Gasteiger partial charge in [0, 0.05) is 16.1 Å². The van der Waals surface area contributed by atoms with Gasteiger partial charge in [0.15, 0.2) is 5.13 Å². The Bertz CT molecular complexity index is 2030. The number of thiophene rings is 1. The van der Waals surface area contributed by atoms with Crippen molar-refractivity contribution in [1.29, 1.82) is 0 Å². The third kappa shape index (κ3) is 8.14. The van der Waals surface area contributed by atoms with Crippen LogP contribution in [0.5, 0.6) is 5.75 Å². The van der Waals surface area contributed by atoms with Crippen LogP contribution in [-0.4, -0.2) is 29.8 Å². The van der Waals surface area contributed by atoms with Crippen molar-refractivity contribution in [2.45, 2.75) is 10.1 Å². The van der Waals surface area contributed by atoms with Crippen LogP contribution in [0.1, 0.15) is 26.7 Å². The van der Waals surface area contributed by atoms with Crippen molar-refractivity contribution in [3.63, 3.8) is 0 Å². The highest BCUT2D eigenvalue weighted by Gasteiger charge is 2.24. The van der Waals surface area contributed by atoms with Crippen molar-refractivity contribution in [1.82, 2.24) is 10.3 Å². The number of ether oxygens (including phenoxy) is 1. The first kappa shape index (κ1) is 31.7. The van der Waals surface area contributed by atoms with Gasteiger partial charge < -0.3 is 20.7 Å². The fraction of sp³-hybridized carbons (Fsp3) is 0.0556. The van der Waals surface area contributed by atoms with Crippen molar-refractivity contribution in [2.24, 2.45) is 0 Å². The second-order valence-electron chi connectivity index (χ2n) is 10.2. The Morgan fingerprint density at radius 1 is 0.872 bits per heavy atom. The lowest BCUT2D eigenvalue weighted by Gasteiger charge is -2.16. The number of benzene rings is 4. The maximum absolute atomic E-state index is 13.6. The third-order valence-electron chi connectivity index (χ3n) is 6.92. The summed E-state index contributed by atoms with van der Waals surface area (Å²) in [6.45, 7) is 0. The molecule has 1 atom stereocenters. The summed E-state index contributed by atoms with van der Waals surface area (Å²) in [6, 6.07) is 32.9. The van der Waals surface area contributed by atoms with Gasteiger partial charge in [-0.15, -0.1) is 11.8 Å². The number of aromatic nitrogens is 1. The molecule has 0 fully saturated rings. The van der Waals surface area contributed by atoms with Gasteiger partial charge in [0.2, 0.25) is 5.91 Å². The highest BCUT2D eigenvalue weighted by atomic mass is 32.2. The van der Waals surface area contributed by atoms with Gasteiger partial charge in [0.25, 0.3) is 11.8 Å². The molecule has 0 saturated carbocycles. The van der Waals surface area contributed by atoms with E-state index >= 15 is 0 Å². The molecule has 3 N–H and O–H groups in total. The van der Waals surface area contributed by atoms with Gasteiger partial charge in [0.05, 0.1) is 17.3 Å². The molecule has 0 bridgehead atoms. The molecule has 47 heavy (non-hydrogen) atoms. The zero-order valence-electron chi connectivity index (χ0n) is 25.0. The summed E-state index contributed by atoms with van der Waals surface area (Å²) in [6.07, 6.45) is 1.64. The molecule has 3 amide bonds. The summed E-state index contributed by atoms with van der Waals surface area (Å²) in [7, 11) is 1.61. The molecule has 0 radical (unpaired) electrons. The van der Waals surface area contributed by atoms with Crippen LogP contribution in [0.2, 0.25) is 0 Å². The summed E-state index contributed by atoms with van der Waals surface area (Å²) < 4.78 is 6.23. The maximum Gasteiger partial charge on any atom is 0.272 e. The van der Waals surface area contributed by atoms with E-state index in [1.165, 1.54) is 34.4 Å². The lowest BCUT2D eigenvalue weighted by atomic mass is 10.1. The van der Waals surface area contributed by atoms with Crippen LogP contribution in [0.25, 0.3) is 16.3 Å². The van der Waals surface area contributed by atoms with E-state index in [9.17, 15) is 14.4 Å². The second-order valence-corrected chi connectivity index (χ2v) is 13.2. The number of amides is 3. The standard InChI is InChI=1S/C36H28N4O4S3/c1-44-27-14-17-29-31(21-27)47-36(39-29)40-35(43)32(24-8-4-2-5-9-24)46-28-15-12-26(13-16-28)37-34(42)30(20-23-18-19-45-22-23)38-33(41)25-10-6-3-7-11-25/h2-22,32H,1H3,(H,37,42)(H,38,41)(H,39,40,43)/b30-20-. The quantitative estimate of drug-likeness (QED) is 0.0942. The van der Waals surface area contributed by atoms with Crippen molar-refractivity contribution in [3.8, 4) is 5.75 Å². The number of thiazole rings is 1. The van der Waals surface area contributed by atoms with Crippen molar-refractivity contribution in [2.75, 3.05) is 17.7 Å². The predicted octanol–water partition coefficient (Wildman–Crippen LogP) is 8.25. The number of carbonyl (C=O) groups is 3. The molecule has 0 aliphatic heterocycles. The molecule has 6 rings (SSSR count). The maximum atomic E-state index is 13.6. The minimum Gasteiger partial charge on any atom is -0.497 e. The number of thioether (sulfide) groups is 1. The Kier molecular flexibility index (Phi) is 10.1. The Balaban J connectivity index is 1.17. The van der Waals surface area contributed by atoms with Crippen LogP contribution in [0.3, 0.4) is 0 Å². The van der Waals surface area contributed by atoms with Crippen LogP contribution >= 0.6 is 34.4 Å². The van der Waals surface area contributed by atoms with Crippen LogP contribution in [0.15, 0.2) is 131 Å². The summed E-state index contributed by atoms with van der Waals surface area (Å²) in [5.74, 6) is -0.328. The van der Waals surface area contributed by atoms with E-state index in [4.69, 9.17) is 4.74 Å². The number of hydrogen-bond donors (Lipinski definition) is 3. The fourth-order valence-corrected chi connectivity index (χ4v) is 7.11. The Morgan fingerprint density at radius 2 is 1.62 bits per heavy atom. The summed E-state index contributed by atoms with van der Waals surface area (Å²) in [5, 5.41) is 12.3. The van der Waals surface area contributed by atoms with E-state index in [-0.39, 0.29) is 17.5 Å². The number of nitrogens with zero attached hydrogens (tertiary/aromatic N) is 1. The monoisotopic (exact) mass is 676 g/mol. The summed E-state index contributed by atoms with van der Waals surface area (Å²) >= 11 is 4.27. The van der Waals surface area contributed by atoms with Gasteiger partial charge in [-0.25, -0.2) is 4.98 Å². The highest BCUT2D eigenvalue weighted by molar-refractivity contribution is 8.00. The molecule has 0 spiro atoms. The van der Waals surface area contributed by atoms with Gasteiger partial charge >= 0.3 is 0 Å². The van der Waals surface area contributed by atoms with Crippen molar-refractivity contribution in [3.05, 3.63) is 142 Å². The van der Waals surface area contributed by atoms with Crippen LogP contribution in [0, 0.1) is 0 Å². The molecular formula is C36H28N4O4S3. The number of fused-ring (bicyclic) bond motifs is 1. The van der Waals surface area contributed by atoms with Crippen molar-refractivity contribution < 1.29 is 19.1 Å². The van der Waals surface area contributed by atoms with Crippen molar-refractivity contribution >= 4 is 79.3 Å². The number of carbonyl (C=O) groups excluding carboxylic acids is 3. The molecule has 6 aromatic rings. The fourth-order valence-electron chi connectivity index (χ4n) is 4.57. The summed E-state index contributed by atoms with van der Waals surface area (Å²) in [4.78, 5) is 45.3. The molecule has 1 unspecified atom stereocenters. The first-order chi connectivity index (χ1) is 22.9. The largest absolute Gasteiger partial charge is 0.497 e. The SMILES string of the molecule is COc1ccc2nc(NC(=O)C(Sc3ccc(NC(=O)/C(=C/c4ccsc4)NC(=O)c4ccccc4)cc3)c3ccccc3)sc2c1. The van der Waals surface area contributed by atoms with Gasteiger partial charge in [-0.2, -0.15) is 11.3 Å². The van der Waals surface area contributed by atoms with Gasteiger partial charge in [-0.1, -0.05) is 59.9 Å². The summed E-state index contributed by atoms with van der Waals surface area (Å²) in [5.41, 5.74) is 3.52. The van der Waals surface area contributed by atoms with E-state index in [0.29, 0.717) is 16.4 Å². The first-order valence-electron chi connectivity index (χ1n) is 14.4. The van der Waals surface area contributed by atoms with E-state index in [2.05, 4.69) is 20.9 Å². The lowest BCUT2D eigenvalue weighted by molar-refractivity contribution is -0.116. The van der Waals surface area contributed by atoms with E-state index < -0.39 is 11.2 Å². The molecule has 0 aliphatic rings. The van der Waals surface area contributed by atoms with Gasteiger partial charge in [-0.3, -0.25) is 14.4 Å². The molecule has 2 heterocycles. The number of rotatable bonds is 11. The molecule has 0 saturated heterocycles. The molecule has 4 aromatic carbocycles. The molecule has 0 aliphatic carbocycles. The van der Waals surface area contributed by atoms with E-state index in [0.717, 1.165) is 32.0 Å². The predicted molar refractivity (Wildman–Crippen MR) is 191 cm³/mol. The number of anilines is 2. The van der Waals surface area contributed by atoms with E-state index in [1.807, 2.05) is 83.6 Å². The van der Waals surface area contributed by atoms with Gasteiger partial charge in [-0.05, 0) is 88.6 Å². The first-order valence-corrected chi connectivity index (χ1v) is 17.1. The molecule has 2 aromatic heterocycles. The Morgan fingerprint density at radius 3 is 2.32 bits per heavy atom. The molecule has 8 nitrogen and oxygen atoms in total. The van der Waals surface area contributed by atoms with Crippen LogP contribution < -0.4 is 20.7 Å². The number of methoxy groups -OCH3 is 1. The molecular weight excluding hydrogens is 649 g/mol.